The highest BCUT2D eigenvalue weighted by Crippen LogP contribution is 2.11. The molecule has 0 unspecified atom stereocenters. The van der Waals surface area contributed by atoms with Crippen LogP contribution < -0.4 is 15.4 Å². The SMILES string of the molecule is CN=C(NCCN(C)C(C)C)NCc1cccc(OC)c1. The Morgan fingerprint density at radius 1 is 1.33 bits per heavy atom. The molecule has 0 aliphatic carbocycles. The van der Waals surface area contributed by atoms with E-state index in [-0.39, 0.29) is 0 Å². The molecule has 0 amide bonds. The largest absolute Gasteiger partial charge is 0.497 e. The molecule has 0 saturated carbocycles. The first kappa shape index (κ1) is 17.3. The van der Waals surface area contributed by atoms with Gasteiger partial charge in [0.15, 0.2) is 5.96 Å². The van der Waals surface area contributed by atoms with Crippen molar-refractivity contribution in [2.24, 2.45) is 4.99 Å². The van der Waals surface area contributed by atoms with Crippen LogP contribution in [-0.2, 0) is 6.54 Å². The minimum atomic E-state index is 0.554. The molecule has 0 bridgehead atoms. The van der Waals surface area contributed by atoms with Crippen LogP contribution in [0.2, 0.25) is 0 Å². The molecule has 5 nitrogen and oxygen atoms in total. The number of aliphatic imine (C=N–C) groups is 1. The second kappa shape index (κ2) is 9.23. The molecule has 0 aliphatic rings. The first-order chi connectivity index (χ1) is 10.1. The van der Waals surface area contributed by atoms with Crippen LogP contribution in [0.3, 0.4) is 0 Å². The fraction of sp³-hybridized carbons (Fsp3) is 0.562. The summed E-state index contributed by atoms with van der Waals surface area (Å²) in [5.74, 6) is 1.69. The Bertz CT molecular complexity index is 446. The van der Waals surface area contributed by atoms with Crippen molar-refractivity contribution >= 4 is 5.96 Å². The van der Waals surface area contributed by atoms with E-state index in [1.807, 2.05) is 18.2 Å². The number of likely N-dealkylation sites (N-methyl/N-ethyl adjacent to an activating group) is 1. The van der Waals surface area contributed by atoms with Crippen LogP contribution in [0.1, 0.15) is 19.4 Å². The third-order valence-electron chi connectivity index (χ3n) is 3.46. The lowest BCUT2D eigenvalue weighted by Crippen LogP contribution is -2.41. The van der Waals surface area contributed by atoms with Crippen molar-refractivity contribution in [3.8, 4) is 5.75 Å². The zero-order valence-corrected chi connectivity index (χ0v) is 13.8. The van der Waals surface area contributed by atoms with Crippen molar-refractivity contribution in [1.82, 2.24) is 15.5 Å². The summed E-state index contributed by atoms with van der Waals surface area (Å²) < 4.78 is 5.22. The number of hydrogen-bond acceptors (Lipinski definition) is 3. The van der Waals surface area contributed by atoms with Crippen molar-refractivity contribution in [3.63, 3.8) is 0 Å². The van der Waals surface area contributed by atoms with E-state index in [4.69, 9.17) is 4.74 Å². The van der Waals surface area contributed by atoms with Crippen LogP contribution in [-0.4, -0.2) is 51.2 Å². The Morgan fingerprint density at radius 2 is 2.10 bits per heavy atom. The predicted molar refractivity (Wildman–Crippen MR) is 89.0 cm³/mol. The Balaban J connectivity index is 2.37. The van der Waals surface area contributed by atoms with Crippen LogP contribution in [0.25, 0.3) is 0 Å². The first-order valence-corrected chi connectivity index (χ1v) is 7.34. The number of methoxy groups -OCH3 is 1. The van der Waals surface area contributed by atoms with Crippen molar-refractivity contribution in [2.45, 2.75) is 26.4 Å². The molecule has 0 spiro atoms. The zero-order chi connectivity index (χ0) is 15.7. The Labute approximate surface area is 128 Å². The summed E-state index contributed by atoms with van der Waals surface area (Å²) in [6.45, 7) is 6.95. The average molecular weight is 292 g/mol. The highest BCUT2D eigenvalue weighted by molar-refractivity contribution is 5.79. The average Bonchev–Trinajstić information content (AvgIpc) is 2.50. The molecule has 118 valence electrons. The van der Waals surface area contributed by atoms with Gasteiger partial charge in [-0.2, -0.15) is 0 Å². The maximum absolute atomic E-state index is 5.22. The van der Waals surface area contributed by atoms with Crippen LogP contribution in [0.5, 0.6) is 5.75 Å². The third kappa shape index (κ3) is 6.49. The smallest absolute Gasteiger partial charge is 0.191 e. The van der Waals surface area contributed by atoms with Crippen molar-refractivity contribution < 1.29 is 4.74 Å². The Kier molecular flexibility index (Phi) is 7.61. The van der Waals surface area contributed by atoms with E-state index in [0.29, 0.717) is 6.04 Å². The van der Waals surface area contributed by atoms with Crippen LogP contribution >= 0.6 is 0 Å². The summed E-state index contributed by atoms with van der Waals surface area (Å²) in [5.41, 5.74) is 1.16. The molecular weight excluding hydrogens is 264 g/mol. The highest BCUT2D eigenvalue weighted by atomic mass is 16.5. The van der Waals surface area contributed by atoms with Gasteiger partial charge in [0.1, 0.15) is 5.75 Å². The quantitative estimate of drug-likeness (QED) is 0.593. The minimum Gasteiger partial charge on any atom is -0.497 e. The first-order valence-electron chi connectivity index (χ1n) is 7.34. The Morgan fingerprint density at radius 3 is 2.71 bits per heavy atom. The van der Waals surface area contributed by atoms with E-state index in [1.54, 1.807) is 14.2 Å². The molecule has 21 heavy (non-hydrogen) atoms. The van der Waals surface area contributed by atoms with Crippen molar-refractivity contribution in [3.05, 3.63) is 29.8 Å². The third-order valence-corrected chi connectivity index (χ3v) is 3.46. The van der Waals surface area contributed by atoms with Gasteiger partial charge in [-0.1, -0.05) is 12.1 Å². The fourth-order valence-electron chi connectivity index (χ4n) is 1.80. The summed E-state index contributed by atoms with van der Waals surface area (Å²) >= 11 is 0. The van der Waals surface area contributed by atoms with Crippen molar-refractivity contribution in [2.75, 3.05) is 34.3 Å². The number of rotatable bonds is 7. The van der Waals surface area contributed by atoms with Crippen LogP contribution in [0, 0.1) is 0 Å². The fourth-order valence-corrected chi connectivity index (χ4v) is 1.80. The summed E-state index contributed by atoms with van der Waals surface area (Å²) in [4.78, 5) is 6.53. The summed E-state index contributed by atoms with van der Waals surface area (Å²) in [6.07, 6.45) is 0. The van der Waals surface area contributed by atoms with Gasteiger partial charge in [-0.15, -0.1) is 0 Å². The molecule has 0 radical (unpaired) electrons. The zero-order valence-electron chi connectivity index (χ0n) is 13.8. The van der Waals surface area contributed by atoms with E-state index in [1.165, 1.54) is 0 Å². The molecule has 0 heterocycles. The molecule has 0 aromatic heterocycles. The van der Waals surface area contributed by atoms with E-state index in [2.05, 4.69) is 47.5 Å². The van der Waals surface area contributed by atoms with Gasteiger partial charge < -0.3 is 20.3 Å². The normalized spacial score (nSPS) is 11.9. The standard InChI is InChI=1S/C16H28N4O/c1-13(2)20(4)10-9-18-16(17-3)19-12-14-7-6-8-15(11-14)21-5/h6-8,11,13H,9-10,12H2,1-5H3,(H2,17,18,19). The summed E-state index contributed by atoms with van der Waals surface area (Å²) in [5, 5.41) is 6.62. The van der Waals surface area contributed by atoms with E-state index in [0.717, 1.165) is 36.9 Å². The predicted octanol–water partition coefficient (Wildman–Crippen LogP) is 1.70. The van der Waals surface area contributed by atoms with Gasteiger partial charge in [0, 0.05) is 32.7 Å². The number of guanidine groups is 1. The van der Waals surface area contributed by atoms with Gasteiger partial charge in [0.2, 0.25) is 0 Å². The summed E-state index contributed by atoms with van der Waals surface area (Å²) in [7, 11) is 5.59. The number of nitrogens with zero attached hydrogens (tertiary/aromatic N) is 2. The van der Waals surface area contributed by atoms with E-state index >= 15 is 0 Å². The summed E-state index contributed by atoms with van der Waals surface area (Å²) in [6, 6.07) is 8.57. The minimum absolute atomic E-state index is 0.554. The number of nitrogens with one attached hydrogen (secondary N) is 2. The maximum atomic E-state index is 5.22. The topological polar surface area (TPSA) is 48.9 Å². The molecular formula is C16H28N4O. The van der Waals surface area contributed by atoms with E-state index < -0.39 is 0 Å². The second-order valence-corrected chi connectivity index (χ2v) is 5.28. The Hall–Kier alpha value is -1.75. The van der Waals surface area contributed by atoms with Gasteiger partial charge in [0.25, 0.3) is 0 Å². The van der Waals surface area contributed by atoms with E-state index in [9.17, 15) is 0 Å². The monoisotopic (exact) mass is 292 g/mol. The molecule has 2 N–H and O–H groups in total. The van der Waals surface area contributed by atoms with Gasteiger partial charge >= 0.3 is 0 Å². The molecule has 1 rings (SSSR count). The number of benzene rings is 1. The molecule has 1 aromatic carbocycles. The molecule has 1 aromatic rings. The van der Waals surface area contributed by atoms with Crippen LogP contribution in [0.15, 0.2) is 29.3 Å². The van der Waals surface area contributed by atoms with Crippen LogP contribution in [0.4, 0.5) is 0 Å². The van der Waals surface area contributed by atoms with Gasteiger partial charge in [-0.25, -0.2) is 0 Å². The highest BCUT2D eigenvalue weighted by Gasteiger charge is 2.03. The molecule has 0 fully saturated rings. The molecule has 0 aliphatic heterocycles. The molecule has 5 heteroatoms. The lowest BCUT2D eigenvalue weighted by atomic mass is 10.2. The lowest BCUT2D eigenvalue weighted by Gasteiger charge is -2.21. The maximum Gasteiger partial charge on any atom is 0.191 e. The van der Waals surface area contributed by atoms with Gasteiger partial charge in [0.05, 0.1) is 7.11 Å². The number of ether oxygens (including phenoxy) is 1. The van der Waals surface area contributed by atoms with Gasteiger partial charge in [-0.3, -0.25) is 4.99 Å². The van der Waals surface area contributed by atoms with Crippen molar-refractivity contribution in [1.29, 1.82) is 0 Å². The van der Waals surface area contributed by atoms with Gasteiger partial charge in [-0.05, 0) is 38.6 Å². The second-order valence-electron chi connectivity index (χ2n) is 5.28. The molecule has 0 saturated heterocycles. The lowest BCUT2D eigenvalue weighted by molar-refractivity contribution is 0.278. The molecule has 0 atom stereocenters. The number of hydrogen-bond donors (Lipinski definition) is 2.